The Kier molecular flexibility index (Phi) is 7.11. The van der Waals surface area contributed by atoms with E-state index in [-0.39, 0.29) is 22.8 Å². The second-order valence-electron chi connectivity index (χ2n) is 12.8. The van der Waals surface area contributed by atoms with Crippen LogP contribution in [0.5, 0.6) is 5.88 Å². The van der Waals surface area contributed by atoms with Crippen LogP contribution in [0.15, 0.2) is 66.9 Å². The van der Waals surface area contributed by atoms with Crippen LogP contribution in [0.2, 0.25) is 0 Å². The average molecular weight is 550 g/mol. The number of nitriles is 1. The monoisotopic (exact) mass is 549 g/mol. The molecule has 0 unspecified atom stereocenters. The van der Waals surface area contributed by atoms with E-state index in [0.717, 1.165) is 67.3 Å². The largest absolute Gasteiger partial charge is 0.481 e. The number of rotatable bonds is 8. The van der Waals surface area contributed by atoms with Crippen LogP contribution in [0.4, 0.5) is 5.69 Å². The Labute approximate surface area is 243 Å². The van der Waals surface area contributed by atoms with Crippen LogP contribution in [0.25, 0.3) is 11.1 Å². The lowest BCUT2D eigenvalue weighted by atomic mass is 9.63. The summed E-state index contributed by atoms with van der Waals surface area (Å²) in [5, 5.41) is 9.53. The van der Waals surface area contributed by atoms with Crippen molar-refractivity contribution in [2.24, 2.45) is 11.3 Å². The molecule has 0 atom stereocenters. The Bertz CT molecular complexity index is 1440. The van der Waals surface area contributed by atoms with Crippen molar-refractivity contribution >= 4 is 11.6 Å². The summed E-state index contributed by atoms with van der Waals surface area (Å²) in [6.45, 7) is 5.23. The SMILES string of the molecule is COc1cc(-c2cccc(N(CC34CCC(c5ccc(C(C)(C)C#N)cc5)(CC3)OC4)C(=O)C3CCC3)c2)ccn1. The molecule has 2 aliphatic heterocycles. The van der Waals surface area contributed by atoms with E-state index in [1.165, 1.54) is 5.56 Å². The molecule has 0 N–H and O–H groups in total. The van der Waals surface area contributed by atoms with Crippen LogP contribution in [-0.2, 0) is 20.5 Å². The molecule has 4 aliphatic rings. The van der Waals surface area contributed by atoms with Gasteiger partial charge in [0.25, 0.3) is 0 Å². The Morgan fingerprint density at radius 3 is 2.41 bits per heavy atom. The Balaban J connectivity index is 1.24. The summed E-state index contributed by atoms with van der Waals surface area (Å²) >= 11 is 0. The third-order valence-electron chi connectivity index (χ3n) is 9.83. The van der Waals surface area contributed by atoms with Gasteiger partial charge >= 0.3 is 0 Å². The van der Waals surface area contributed by atoms with Crippen molar-refractivity contribution in [2.75, 3.05) is 25.2 Å². The highest BCUT2D eigenvalue weighted by atomic mass is 16.5. The van der Waals surface area contributed by atoms with E-state index in [1.807, 2.05) is 32.0 Å². The number of aromatic nitrogens is 1. The third-order valence-corrected chi connectivity index (χ3v) is 9.83. The number of fused-ring (bicyclic) bond motifs is 3. The summed E-state index contributed by atoms with van der Waals surface area (Å²) in [5.41, 5.74) is 4.38. The van der Waals surface area contributed by atoms with E-state index in [1.54, 1.807) is 13.3 Å². The van der Waals surface area contributed by atoms with Crippen LogP contribution in [0.1, 0.15) is 69.9 Å². The van der Waals surface area contributed by atoms with Gasteiger partial charge in [-0.15, -0.1) is 0 Å². The molecule has 7 rings (SSSR count). The Hall–Kier alpha value is -3.69. The topological polar surface area (TPSA) is 75.4 Å². The molecular formula is C35H39N3O3. The lowest BCUT2D eigenvalue weighted by molar-refractivity contribution is -0.186. The van der Waals surface area contributed by atoms with Gasteiger partial charge in [0.1, 0.15) is 0 Å². The molecule has 41 heavy (non-hydrogen) atoms. The quantitative estimate of drug-likeness (QED) is 0.298. The molecule has 0 radical (unpaired) electrons. The number of ether oxygens (including phenoxy) is 2. The smallest absolute Gasteiger partial charge is 0.230 e. The molecule has 0 spiro atoms. The summed E-state index contributed by atoms with van der Waals surface area (Å²) in [7, 11) is 1.62. The Morgan fingerprint density at radius 2 is 1.80 bits per heavy atom. The molecule has 3 aromatic rings. The number of hydrogen-bond acceptors (Lipinski definition) is 5. The molecule has 1 aromatic heterocycles. The minimum absolute atomic E-state index is 0.0558. The van der Waals surface area contributed by atoms with Gasteiger partial charge in [0.05, 0.1) is 30.8 Å². The number of pyridine rings is 1. The van der Waals surface area contributed by atoms with E-state index in [9.17, 15) is 10.1 Å². The number of amides is 1. The Morgan fingerprint density at radius 1 is 1.07 bits per heavy atom. The fraction of sp³-hybridized carbons (Fsp3) is 0.457. The first kappa shape index (κ1) is 27.5. The molecule has 2 bridgehead atoms. The van der Waals surface area contributed by atoms with Crippen molar-refractivity contribution < 1.29 is 14.3 Å². The highest BCUT2D eigenvalue weighted by Gasteiger charge is 2.52. The van der Waals surface area contributed by atoms with Gasteiger partial charge in [-0.25, -0.2) is 4.98 Å². The first-order valence-electron chi connectivity index (χ1n) is 14.8. The lowest BCUT2D eigenvalue weighted by Gasteiger charge is -2.54. The molecule has 3 heterocycles. The fourth-order valence-electron chi connectivity index (χ4n) is 6.66. The second-order valence-corrected chi connectivity index (χ2v) is 12.8. The minimum Gasteiger partial charge on any atom is -0.481 e. The third kappa shape index (κ3) is 5.13. The zero-order valence-electron chi connectivity index (χ0n) is 24.4. The zero-order chi connectivity index (χ0) is 28.7. The molecule has 212 valence electrons. The first-order chi connectivity index (χ1) is 19.8. The molecule has 1 amide bonds. The van der Waals surface area contributed by atoms with Crippen LogP contribution >= 0.6 is 0 Å². The maximum Gasteiger partial charge on any atom is 0.230 e. The molecular weight excluding hydrogens is 510 g/mol. The summed E-state index contributed by atoms with van der Waals surface area (Å²) in [4.78, 5) is 20.2. The number of carbonyl (C=O) groups is 1. The number of methoxy groups -OCH3 is 1. The average Bonchev–Trinajstić information content (AvgIpc) is 3.00. The number of nitrogens with zero attached hydrogens (tertiary/aromatic N) is 3. The number of anilines is 1. The normalized spacial score (nSPS) is 23.9. The summed E-state index contributed by atoms with van der Waals surface area (Å²) in [6, 6.07) is 23.1. The molecule has 4 fully saturated rings. The summed E-state index contributed by atoms with van der Waals surface area (Å²) in [5.74, 6) is 0.926. The number of carbonyl (C=O) groups excluding carboxylic acids is 1. The van der Waals surface area contributed by atoms with Gasteiger partial charge in [-0.1, -0.05) is 42.8 Å². The van der Waals surface area contributed by atoms with Gasteiger partial charge in [0.2, 0.25) is 11.8 Å². The standard InChI is InChI=1S/C35H39N3O3/c1-33(2,22-36)28-10-12-29(13-11-28)35-17-15-34(16-18-35,24-41-35)23-38(32(39)25-6-4-7-25)30-9-5-8-26(20-30)27-14-19-37-31(21-27)40-3/h5,8-14,19-21,25H,4,6-7,15-18,23-24H2,1-3H3. The first-order valence-corrected chi connectivity index (χ1v) is 14.8. The van der Waals surface area contributed by atoms with E-state index in [4.69, 9.17) is 9.47 Å². The highest BCUT2D eigenvalue weighted by molar-refractivity contribution is 5.96. The van der Waals surface area contributed by atoms with E-state index in [0.29, 0.717) is 19.0 Å². The summed E-state index contributed by atoms with van der Waals surface area (Å²) < 4.78 is 12.1. The zero-order valence-corrected chi connectivity index (χ0v) is 24.4. The number of hydrogen-bond donors (Lipinski definition) is 0. The van der Waals surface area contributed by atoms with Gasteiger partial charge in [-0.3, -0.25) is 4.79 Å². The predicted octanol–water partition coefficient (Wildman–Crippen LogP) is 7.18. The van der Waals surface area contributed by atoms with Crippen molar-refractivity contribution in [1.82, 2.24) is 4.98 Å². The molecule has 6 heteroatoms. The van der Waals surface area contributed by atoms with Crippen molar-refractivity contribution in [1.29, 1.82) is 5.26 Å². The van der Waals surface area contributed by atoms with Crippen molar-refractivity contribution in [3.63, 3.8) is 0 Å². The number of benzene rings is 2. The van der Waals surface area contributed by atoms with Crippen molar-refractivity contribution in [3.05, 3.63) is 78.0 Å². The van der Waals surface area contributed by atoms with Crippen molar-refractivity contribution in [2.45, 2.75) is 69.8 Å². The van der Waals surface area contributed by atoms with Gasteiger partial charge in [0, 0.05) is 35.8 Å². The van der Waals surface area contributed by atoms with E-state index >= 15 is 0 Å². The van der Waals surface area contributed by atoms with Crippen molar-refractivity contribution in [3.8, 4) is 23.1 Å². The summed E-state index contributed by atoms with van der Waals surface area (Å²) in [6.07, 6.45) is 8.75. The van der Waals surface area contributed by atoms with E-state index < -0.39 is 5.41 Å². The van der Waals surface area contributed by atoms with Gasteiger partial charge in [-0.05, 0) is 92.8 Å². The van der Waals surface area contributed by atoms with Crippen LogP contribution < -0.4 is 9.64 Å². The van der Waals surface area contributed by atoms with E-state index in [2.05, 4.69) is 58.4 Å². The van der Waals surface area contributed by atoms with Gasteiger partial charge in [0.15, 0.2) is 0 Å². The molecule has 2 saturated carbocycles. The minimum atomic E-state index is -0.511. The van der Waals surface area contributed by atoms with Crippen LogP contribution in [-0.4, -0.2) is 31.2 Å². The highest BCUT2D eigenvalue weighted by Crippen LogP contribution is 2.54. The molecule has 6 nitrogen and oxygen atoms in total. The predicted molar refractivity (Wildman–Crippen MR) is 160 cm³/mol. The lowest BCUT2D eigenvalue weighted by Crippen LogP contribution is -2.55. The van der Waals surface area contributed by atoms with Gasteiger partial charge < -0.3 is 14.4 Å². The van der Waals surface area contributed by atoms with Crippen LogP contribution in [0, 0.1) is 22.7 Å². The van der Waals surface area contributed by atoms with Crippen LogP contribution in [0.3, 0.4) is 0 Å². The maximum atomic E-state index is 13.9. The molecule has 2 aliphatic carbocycles. The van der Waals surface area contributed by atoms with Gasteiger partial charge in [-0.2, -0.15) is 5.26 Å². The second kappa shape index (κ2) is 10.6. The maximum absolute atomic E-state index is 13.9. The fourth-order valence-corrected chi connectivity index (χ4v) is 6.66. The molecule has 2 saturated heterocycles. The molecule has 2 aromatic carbocycles.